The molecule has 0 saturated heterocycles. The van der Waals surface area contributed by atoms with Crippen LogP contribution in [0.5, 0.6) is 5.75 Å². The van der Waals surface area contributed by atoms with E-state index in [1.807, 2.05) is 27.7 Å². The molecule has 11 heteroatoms. The van der Waals surface area contributed by atoms with Gasteiger partial charge in [-0.3, -0.25) is 13.9 Å². The van der Waals surface area contributed by atoms with Crippen LogP contribution in [0.3, 0.4) is 0 Å². The van der Waals surface area contributed by atoms with Gasteiger partial charge in [-0.05, 0) is 69.5 Å². The van der Waals surface area contributed by atoms with Crippen LogP contribution in [0.1, 0.15) is 58.9 Å². The zero-order chi connectivity index (χ0) is 29.2. The molecular formula is C28H39Cl2N3O5S. The zero-order valence-electron chi connectivity index (χ0n) is 23.2. The summed E-state index contributed by atoms with van der Waals surface area (Å²) in [5.41, 5.74) is 1.03. The van der Waals surface area contributed by atoms with Crippen LogP contribution in [-0.4, -0.2) is 56.6 Å². The lowest BCUT2D eigenvalue weighted by Crippen LogP contribution is -2.50. The smallest absolute Gasteiger partial charge is 0.243 e. The molecule has 0 heterocycles. The summed E-state index contributed by atoms with van der Waals surface area (Å²) in [4.78, 5) is 28.2. The molecule has 2 rings (SSSR count). The van der Waals surface area contributed by atoms with E-state index in [2.05, 4.69) is 5.32 Å². The quantitative estimate of drug-likeness (QED) is 0.285. The highest BCUT2D eigenvalue weighted by Gasteiger charge is 2.30. The molecule has 2 amide bonds. The third kappa shape index (κ3) is 9.58. The van der Waals surface area contributed by atoms with Gasteiger partial charge in [0.2, 0.25) is 21.8 Å². The normalized spacial score (nSPS) is 12.9. The summed E-state index contributed by atoms with van der Waals surface area (Å²) in [7, 11) is -3.60. The maximum absolute atomic E-state index is 13.6. The molecule has 2 aromatic carbocycles. The van der Waals surface area contributed by atoms with E-state index in [0.717, 1.165) is 12.7 Å². The average Bonchev–Trinajstić information content (AvgIpc) is 2.88. The van der Waals surface area contributed by atoms with Crippen LogP contribution in [-0.2, 0) is 26.2 Å². The Morgan fingerprint density at radius 3 is 2.13 bits per heavy atom. The monoisotopic (exact) mass is 599 g/mol. The maximum atomic E-state index is 13.6. The van der Waals surface area contributed by atoms with Crippen molar-refractivity contribution < 1.29 is 22.7 Å². The van der Waals surface area contributed by atoms with Crippen LogP contribution in [0.15, 0.2) is 42.5 Å². The van der Waals surface area contributed by atoms with Crippen LogP contribution in [0.2, 0.25) is 10.0 Å². The second-order valence-electron chi connectivity index (χ2n) is 9.33. The molecule has 0 spiro atoms. The average molecular weight is 601 g/mol. The predicted octanol–water partition coefficient (Wildman–Crippen LogP) is 5.66. The molecule has 0 fully saturated rings. The van der Waals surface area contributed by atoms with Crippen molar-refractivity contribution in [3.63, 3.8) is 0 Å². The number of nitrogens with zero attached hydrogens (tertiary/aromatic N) is 2. The van der Waals surface area contributed by atoms with Crippen molar-refractivity contribution in [2.24, 2.45) is 0 Å². The highest BCUT2D eigenvalue weighted by molar-refractivity contribution is 7.92. The molecule has 2 unspecified atom stereocenters. The first-order valence-electron chi connectivity index (χ1n) is 13.2. The fourth-order valence-corrected chi connectivity index (χ4v) is 5.58. The van der Waals surface area contributed by atoms with Gasteiger partial charge < -0.3 is 15.0 Å². The number of benzene rings is 2. The fraction of sp³-hybridized carbons (Fsp3) is 0.500. The summed E-state index contributed by atoms with van der Waals surface area (Å²) in [6.45, 7) is 8.23. The van der Waals surface area contributed by atoms with Gasteiger partial charge in [0, 0.05) is 41.2 Å². The van der Waals surface area contributed by atoms with E-state index in [0.29, 0.717) is 40.1 Å². The number of halogens is 2. The molecule has 0 saturated carbocycles. The number of hydrogen-bond donors (Lipinski definition) is 1. The Morgan fingerprint density at radius 2 is 1.62 bits per heavy atom. The van der Waals surface area contributed by atoms with Gasteiger partial charge in [-0.25, -0.2) is 8.42 Å². The minimum atomic E-state index is -3.60. The van der Waals surface area contributed by atoms with Crippen molar-refractivity contribution in [2.45, 2.75) is 72.0 Å². The van der Waals surface area contributed by atoms with Gasteiger partial charge in [-0.2, -0.15) is 0 Å². The van der Waals surface area contributed by atoms with Gasteiger partial charge in [0.1, 0.15) is 11.8 Å². The number of sulfonamides is 1. The number of amides is 2. The van der Waals surface area contributed by atoms with Crippen molar-refractivity contribution in [2.75, 3.05) is 23.7 Å². The van der Waals surface area contributed by atoms with E-state index in [-0.39, 0.29) is 43.8 Å². The summed E-state index contributed by atoms with van der Waals surface area (Å²) in [5, 5.41) is 3.76. The van der Waals surface area contributed by atoms with Crippen LogP contribution < -0.4 is 14.4 Å². The first-order chi connectivity index (χ1) is 18.4. The molecule has 0 aliphatic rings. The Labute approximate surface area is 242 Å². The first-order valence-corrected chi connectivity index (χ1v) is 15.8. The molecule has 0 radical (unpaired) electrons. The minimum Gasteiger partial charge on any atom is -0.494 e. The number of nitrogens with one attached hydrogen (secondary N) is 1. The topological polar surface area (TPSA) is 96.0 Å². The van der Waals surface area contributed by atoms with E-state index in [4.69, 9.17) is 27.9 Å². The lowest BCUT2D eigenvalue weighted by Gasteiger charge is -2.32. The summed E-state index contributed by atoms with van der Waals surface area (Å²) >= 11 is 12.8. The van der Waals surface area contributed by atoms with E-state index in [1.165, 1.54) is 9.21 Å². The Bertz CT molecular complexity index is 1190. The summed E-state index contributed by atoms with van der Waals surface area (Å²) in [6.07, 6.45) is 2.54. The summed E-state index contributed by atoms with van der Waals surface area (Å²) in [6, 6.07) is 11.1. The van der Waals surface area contributed by atoms with Crippen LogP contribution in [0.4, 0.5) is 5.69 Å². The van der Waals surface area contributed by atoms with Gasteiger partial charge in [-0.1, -0.05) is 43.1 Å². The molecule has 2 atom stereocenters. The molecule has 0 aliphatic heterocycles. The van der Waals surface area contributed by atoms with Crippen molar-refractivity contribution in [1.82, 2.24) is 10.2 Å². The number of rotatable bonds is 15. The van der Waals surface area contributed by atoms with E-state index in [1.54, 1.807) is 42.5 Å². The summed E-state index contributed by atoms with van der Waals surface area (Å²) < 4.78 is 31.8. The third-order valence-corrected chi connectivity index (χ3v) is 8.27. The highest BCUT2D eigenvalue weighted by Crippen LogP contribution is 2.28. The Morgan fingerprint density at radius 1 is 1.00 bits per heavy atom. The molecular weight excluding hydrogens is 561 g/mol. The van der Waals surface area contributed by atoms with Gasteiger partial charge in [0.25, 0.3) is 0 Å². The van der Waals surface area contributed by atoms with Crippen LogP contribution in [0.25, 0.3) is 0 Å². The Kier molecular flexibility index (Phi) is 12.9. The molecule has 216 valence electrons. The number of anilines is 1. The molecule has 39 heavy (non-hydrogen) atoms. The van der Waals surface area contributed by atoms with Gasteiger partial charge >= 0.3 is 0 Å². The Hall–Kier alpha value is -2.49. The summed E-state index contributed by atoms with van der Waals surface area (Å²) in [5.74, 6) is 0.0906. The molecule has 8 nitrogen and oxygen atoms in total. The largest absolute Gasteiger partial charge is 0.494 e. The zero-order valence-corrected chi connectivity index (χ0v) is 25.6. The second-order valence-corrected chi connectivity index (χ2v) is 12.1. The van der Waals surface area contributed by atoms with Gasteiger partial charge in [0.05, 0.1) is 18.6 Å². The number of ether oxygens (including phenoxy) is 1. The highest BCUT2D eigenvalue weighted by atomic mass is 35.5. The standard InChI is InChI=1S/C28H39Cl2N3O5S/c1-6-20(4)31-28(35)26(7-2)32(19-23-24(29)11-9-12-25(23)30)27(34)13-10-18-33(39(5,36)37)21-14-16-22(17-15-21)38-8-3/h9,11-12,14-17,20,26H,6-8,10,13,18-19H2,1-5H3,(H,31,35). The maximum Gasteiger partial charge on any atom is 0.243 e. The van der Waals surface area contributed by atoms with Crippen molar-refractivity contribution in [1.29, 1.82) is 0 Å². The van der Waals surface area contributed by atoms with Crippen LogP contribution in [0, 0.1) is 0 Å². The van der Waals surface area contributed by atoms with E-state index < -0.39 is 16.1 Å². The predicted molar refractivity (Wildman–Crippen MR) is 158 cm³/mol. The lowest BCUT2D eigenvalue weighted by molar-refractivity contribution is -0.141. The first kappa shape index (κ1) is 32.7. The van der Waals surface area contributed by atoms with E-state index >= 15 is 0 Å². The second kappa shape index (κ2) is 15.3. The van der Waals surface area contributed by atoms with Gasteiger partial charge in [0.15, 0.2) is 0 Å². The number of carbonyl (C=O) groups is 2. The molecule has 0 aliphatic carbocycles. The van der Waals surface area contributed by atoms with Gasteiger partial charge in [-0.15, -0.1) is 0 Å². The Balaban J connectivity index is 2.26. The number of carbonyl (C=O) groups excluding carboxylic acids is 2. The molecule has 2 aromatic rings. The molecule has 1 N–H and O–H groups in total. The van der Waals surface area contributed by atoms with Crippen molar-refractivity contribution in [3.05, 3.63) is 58.1 Å². The van der Waals surface area contributed by atoms with E-state index in [9.17, 15) is 18.0 Å². The molecule has 0 aromatic heterocycles. The lowest BCUT2D eigenvalue weighted by atomic mass is 10.1. The van der Waals surface area contributed by atoms with Crippen molar-refractivity contribution >= 4 is 50.7 Å². The van der Waals surface area contributed by atoms with Crippen molar-refractivity contribution in [3.8, 4) is 5.75 Å². The minimum absolute atomic E-state index is 0.0260. The van der Waals surface area contributed by atoms with Crippen LogP contribution >= 0.6 is 23.2 Å². The fourth-order valence-electron chi connectivity index (χ4n) is 4.09. The third-order valence-electron chi connectivity index (χ3n) is 6.36. The molecule has 0 bridgehead atoms. The number of hydrogen-bond acceptors (Lipinski definition) is 5. The SMILES string of the molecule is CCOc1ccc(N(CCCC(=O)N(Cc2c(Cl)cccc2Cl)C(CC)C(=O)NC(C)CC)S(C)(=O)=O)cc1.